The summed E-state index contributed by atoms with van der Waals surface area (Å²) in [5.41, 5.74) is 5.52. The molecule has 1 aromatic rings. The molecule has 0 aromatic carbocycles. The fourth-order valence-corrected chi connectivity index (χ4v) is 2.15. The van der Waals surface area contributed by atoms with Crippen LogP contribution in [0.25, 0.3) is 0 Å². The minimum Gasteiger partial charge on any atom is -0.481 e. The van der Waals surface area contributed by atoms with Crippen LogP contribution in [0.1, 0.15) is 43.5 Å². The molecule has 0 bridgehead atoms. The lowest BCUT2D eigenvalue weighted by molar-refractivity contribution is -0.137. The monoisotopic (exact) mass is 293 g/mol. The van der Waals surface area contributed by atoms with Crippen molar-refractivity contribution in [3.63, 3.8) is 0 Å². The van der Waals surface area contributed by atoms with Gasteiger partial charge in [0.2, 0.25) is 5.91 Å². The van der Waals surface area contributed by atoms with Gasteiger partial charge in [-0.05, 0) is 36.8 Å². The number of primary amides is 1. The minimum absolute atomic E-state index is 0.203. The number of aliphatic carboxylic acids is 1. The highest BCUT2D eigenvalue weighted by Crippen LogP contribution is 2.21. The van der Waals surface area contributed by atoms with Gasteiger partial charge in [0, 0.05) is 19.2 Å². The van der Waals surface area contributed by atoms with Crippen LogP contribution >= 0.6 is 0 Å². The maximum Gasteiger partial charge on any atom is 0.303 e. The summed E-state index contributed by atoms with van der Waals surface area (Å²) >= 11 is 0. The minimum atomic E-state index is -0.752. The maximum atomic E-state index is 10.9. The van der Waals surface area contributed by atoms with Crippen molar-refractivity contribution in [2.24, 2.45) is 17.6 Å². The number of carboxylic acids is 1. The standard InChI is InChI=1S/C15H23N3O3/c1-10(2)11(4-6-14(19)20)7-8-17-13-5-3-12(9-18-13)15(16)21/h3,5,9-11H,4,6-8H2,1-2H3,(H2,16,21)(H,17,18)(H,19,20). The second kappa shape index (κ2) is 8.24. The first-order chi connectivity index (χ1) is 9.90. The highest BCUT2D eigenvalue weighted by molar-refractivity contribution is 5.92. The van der Waals surface area contributed by atoms with Crippen LogP contribution in [-0.2, 0) is 4.79 Å². The Hall–Kier alpha value is -2.11. The molecule has 0 saturated carbocycles. The van der Waals surface area contributed by atoms with E-state index in [1.54, 1.807) is 12.1 Å². The zero-order valence-corrected chi connectivity index (χ0v) is 12.5. The van der Waals surface area contributed by atoms with Gasteiger partial charge in [-0.15, -0.1) is 0 Å². The molecule has 6 nitrogen and oxygen atoms in total. The lowest BCUT2D eigenvalue weighted by Gasteiger charge is -2.20. The van der Waals surface area contributed by atoms with Gasteiger partial charge in [0.15, 0.2) is 0 Å². The maximum absolute atomic E-state index is 10.9. The van der Waals surface area contributed by atoms with Crippen LogP contribution < -0.4 is 11.1 Å². The Labute approximate surface area is 124 Å². The van der Waals surface area contributed by atoms with E-state index in [4.69, 9.17) is 10.8 Å². The number of nitrogens with two attached hydrogens (primary N) is 1. The van der Waals surface area contributed by atoms with Crippen LogP contribution in [0.15, 0.2) is 18.3 Å². The summed E-state index contributed by atoms with van der Waals surface area (Å²) in [7, 11) is 0. The van der Waals surface area contributed by atoms with Crippen molar-refractivity contribution in [1.29, 1.82) is 0 Å². The van der Waals surface area contributed by atoms with E-state index in [-0.39, 0.29) is 6.42 Å². The van der Waals surface area contributed by atoms with Gasteiger partial charge in [0.1, 0.15) is 5.82 Å². The Balaban J connectivity index is 2.42. The summed E-state index contributed by atoms with van der Waals surface area (Å²) in [6, 6.07) is 3.34. The molecule has 0 aliphatic heterocycles. The Morgan fingerprint density at radius 3 is 2.52 bits per heavy atom. The number of anilines is 1. The van der Waals surface area contributed by atoms with Crippen LogP contribution in [0, 0.1) is 11.8 Å². The van der Waals surface area contributed by atoms with Crippen molar-refractivity contribution < 1.29 is 14.7 Å². The van der Waals surface area contributed by atoms with Crippen molar-refractivity contribution in [3.05, 3.63) is 23.9 Å². The number of pyridine rings is 1. The average molecular weight is 293 g/mol. The van der Waals surface area contributed by atoms with Crippen LogP contribution in [0.5, 0.6) is 0 Å². The van der Waals surface area contributed by atoms with E-state index in [1.807, 2.05) is 0 Å². The number of nitrogens with one attached hydrogen (secondary N) is 1. The van der Waals surface area contributed by atoms with E-state index in [1.165, 1.54) is 6.20 Å². The van der Waals surface area contributed by atoms with Gasteiger partial charge >= 0.3 is 5.97 Å². The second-order valence-corrected chi connectivity index (χ2v) is 5.45. The molecule has 0 radical (unpaired) electrons. The van der Waals surface area contributed by atoms with Crippen molar-refractivity contribution in [3.8, 4) is 0 Å². The molecule has 1 rings (SSSR count). The lowest BCUT2D eigenvalue weighted by Crippen LogP contribution is -2.16. The largest absolute Gasteiger partial charge is 0.481 e. The predicted octanol–water partition coefficient (Wildman–Crippen LogP) is 2.12. The Bertz CT molecular complexity index is 472. The second-order valence-electron chi connectivity index (χ2n) is 5.45. The average Bonchev–Trinajstić information content (AvgIpc) is 2.42. The molecule has 116 valence electrons. The number of hydrogen-bond acceptors (Lipinski definition) is 4. The van der Waals surface area contributed by atoms with E-state index in [0.29, 0.717) is 36.2 Å². The van der Waals surface area contributed by atoms with E-state index in [9.17, 15) is 9.59 Å². The molecule has 1 amide bonds. The zero-order valence-electron chi connectivity index (χ0n) is 12.5. The smallest absolute Gasteiger partial charge is 0.303 e. The molecular weight excluding hydrogens is 270 g/mol. The third kappa shape index (κ3) is 6.25. The molecule has 0 aliphatic carbocycles. The van der Waals surface area contributed by atoms with Crippen molar-refractivity contribution in [2.75, 3.05) is 11.9 Å². The molecule has 6 heteroatoms. The van der Waals surface area contributed by atoms with Gasteiger partial charge in [0.25, 0.3) is 0 Å². The molecule has 1 unspecified atom stereocenters. The number of carbonyl (C=O) groups excluding carboxylic acids is 1. The zero-order chi connectivity index (χ0) is 15.8. The van der Waals surface area contributed by atoms with E-state index in [0.717, 1.165) is 6.42 Å². The number of hydrogen-bond donors (Lipinski definition) is 3. The van der Waals surface area contributed by atoms with Crippen LogP contribution in [0.3, 0.4) is 0 Å². The number of carboxylic acid groups (broad SMARTS) is 1. The SMILES string of the molecule is CC(C)C(CCNc1ccc(C(N)=O)cn1)CCC(=O)O. The highest BCUT2D eigenvalue weighted by atomic mass is 16.4. The topological polar surface area (TPSA) is 105 Å². The third-order valence-corrected chi connectivity index (χ3v) is 3.54. The van der Waals surface area contributed by atoms with Gasteiger partial charge in [-0.1, -0.05) is 13.8 Å². The number of carbonyl (C=O) groups is 2. The van der Waals surface area contributed by atoms with Crippen molar-refractivity contribution in [1.82, 2.24) is 4.98 Å². The highest BCUT2D eigenvalue weighted by Gasteiger charge is 2.14. The summed E-state index contributed by atoms with van der Waals surface area (Å²) in [6.07, 6.45) is 3.20. The Morgan fingerprint density at radius 1 is 1.33 bits per heavy atom. The van der Waals surface area contributed by atoms with E-state index < -0.39 is 11.9 Å². The molecule has 0 saturated heterocycles. The quantitative estimate of drug-likeness (QED) is 0.646. The van der Waals surface area contributed by atoms with Crippen LogP contribution in [0.4, 0.5) is 5.82 Å². The predicted molar refractivity (Wildman–Crippen MR) is 81.1 cm³/mol. The van der Waals surface area contributed by atoms with E-state index in [2.05, 4.69) is 24.1 Å². The van der Waals surface area contributed by atoms with Gasteiger partial charge in [-0.25, -0.2) is 4.98 Å². The Morgan fingerprint density at radius 2 is 2.05 bits per heavy atom. The molecule has 1 aromatic heterocycles. The van der Waals surface area contributed by atoms with Gasteiger partial charge < -0.3 is 16.2 Å². The number of amides is 1. The first kappa shape index (κ1) is 16.9. The Kier molecular flexibility index (Phi) is 6.65. The number of nitrogens with zero attached hydrogens (tertiary/aromatic N) is 1. The summed E-state index contributed by atoms with van der Waals surface area (Å²) in [5.74, 6) is 0.232. The van der Waals surface area contributed by atoms with Gasteiger partial charge in [-0.2, -0.15) is 0 Å². The lowest BCUT2D eigenvalue weighted by atomic mass is 9.88. The van der Waals surface area contributed by atoms with E-state index >= 15 is 0 Å². The molecule has 0 spiro atoms. The molecule has 21 heavy (non-hydrogen) atoms. The number of aromatic nitrogens is 1. The molecule has 0 aliphatic rings. The molecule has 1 heterocycles. The summed E-state index contributed by atoms with van der Waals surface area (Å²) in [5, 5.41) is 11.9. The first-order valence-electron chi connectivity index (χ1n) is 7.11. The molecular formula is C15H23N3O3. The molecule has 1 atom stereocenters. The summed E-state index contributed by atoms with van der Waals surface area (Å²) < 4.78 is 0. The van der Waals surface area contributed by atoms with Crippen LogP contribution in [0.2, 0.25) is 0 Å². The van der Waals surface area contributed by atoms with Crippen LogP contribution in [-0.4, -0.2) is 28.5 Å². The third-order valence-electron chi connectivity index (χ3n) is 3.54. The van der Waals surface area contributed by atoms with Crippen molar-refractivity contribution >= 4 is 17.7 Å². The summed E-state index contributed by atoms with van der Waals surface area (Å²) in [4.78, 5) is 25.7. The summed E-state index contributed by atoms with van der Waals surface area (Å²) in [6.45, 7) is 4.92. The first-order valence-corrected chi connectivity index (χ1v) is 7.11. The molecule has 4 N–H and O–H groups in total. The molecule has 0 fully saturated rings. The van der Waals surface area contributed by atoms with Crippen molar-refractivity contribution in [2.45, 2.75) is 33.1 Å². The fraction of sp³-hybridized carbons (Fsp3) is 0.533. The van der Waals surface area contributed by atoms with Gasteiger partial charge in [-0.3, -0.25) is 9.59 Å². The number of rotatable bonds is 9. The van der Waals surface area contributed by atoms with Gasteiger partial charge in [0.05, 0.1) is 5.56 Å². The normalized spacial score (nSPS) is 12.1. The fourth-order valence-electron chi connectivity index (χ4n) is 2.15.